The molecule has 2 N–H and O–H groups in total. The normalized spacial score (nSPS) is 14.2. The number of carbonyl (C=O) groups excluding carboxylic acids is 2. The highest BCUT2D eigenvalue weighted by molar-refractivity contribution is 6.08. The Bertz CT molecular complexity index is 682. The van der Waals surface area contributed by atoms with Crippen LogP contribution in [0.15, 0.2) is 29.5 Å². The van der Waals surface area contributed by atoms with Crippen molar-refractivity contribution < 1.29 is 19.4 Å². The van der Waals surface area contributed by atoms with E-state index in [1.54, 1.807) is 0 Å². The molecule has 1 aromatic rings. The average molecular weight is 333 g/mol. The van der Waals surface area contributed by atoms with Gasteiger partial charge in [-0.05, 0) is 24.6 Å². The summed E-state index contributed by atoms with van der Waals surface area (Å²) in [6.45, 7) is 2.13. The number of aliphatic hydroxyl groups is 1. The van der Waals surface area contributed by atoms with Gasteiger partial charge in [0.2, 0.25) is 0 Å². The Morgan fingerprint density at radius 1 is 1.42 bits per heavy atom. The molecule has 0 unspecified atom stereocenters. The third-order valence-corrected chi connectivity index (χ3v) is 3.91. The van der Waals surface area contributed by atoms with Crippen molar-refractivity contribution in [2.45, 2.75) is 6.92 Å². The van der Waals surface area contributed by atoms with Gasteiger partial charge in [-0.1, -0.05) is 6.07 Å². The third-order valence-electron chi connectivity index (χ3n) is 3.91. The second-order valence-corrected chi connectivity index (χ2v) is 5.82. The summed E-state index contributed by atoms with van der Waals surface area (Å²) >= 11 is 0. The van der Waals surface area contributed by atoms with Crippen LogP contribution in [0.2, 0.25) is 0 Å². The van der Waals surface area contributed by atoms with Gasteiger partial charge in [-0.25, -0.2) is 4.79 Å². The molecule has 0 fully saturated rings. The zero-order valence-electron chi connectivity index (χ0n) is 14.4. The quantitative estimate of drug-likeness (QED) is 0.747. The molecular weight excluding hydrogens is 310 g/mol. The first-order valence-corrected chi connectivity index (χ1v) is 7.65. The van der Waals surface area contributed by atoms with Crippen molar-refractivity contribution in [3.05, 3.63) is 35.0 Å². The summed E-state index contributed by atoms with van der Waals surface area (Å²) in [6.07, 6.45) is 0. The highest BCUT2D eigenvalue weighted by Gasteiger charge is 2.34. The molecule has 2 rings (SSSR count). The van der Waals surface area contributed by atoms with Crippen molar-refractivity contribution in [3.63, 3.8) is 0 Å². The molecule has 24 heavy (non-hydrogen) atoms. The number of nitrogens with zero attached hydrogens (tertiary/aromatic N) is 2. The molecule has 0 aliphatic carbocycles. The number of carbonyl (C=O) groups is 2. The van der Waals surface area contributed by atoms with Crippen LogP contribution in [0.5, 0.6) is 0 Å². The van der Waals surface area contributed by atoms with E-state index in [1.165, 1.54) is 12.0 Å². The van der Waals surface area contributed by atoms with E-state index < -0.39 is 5.97 Å². The number of methoxy groups -OCH3 is 1. The molecule has 1 amide bonds. The molecule has 1 aromatic carbocycles. The van der Waals surface area contributed by atoms with Gasteiger partial charge in [0.15, 0.2) is 0 Å². The molecule has 0 aromatic heterocycles. The van der Waals surface area contributed by atoms with E-state index in [9.17, 15) is 9.59 Å². The van der Waals surface area contributed by atoms with Gasteiger partial charge in [0, 0.05) is 32.0 Å². The molecule has 0 saturated carbocycles. The standard InChI is InChI=1S/C17H23N3O4/c1-11-5-6-12(9-14(11)19(2)3)18-15-13(17(23)24-4)10-20(7-8-21)16(15)22/h5-6,9,18,21H,7-8,10H2,1-4H3. The summed E-state index contributed by atoms with van der Waals surface area (Å²) in [5.41, 5.74) is 3.29. The predicted octanol–water partition coefficient (Wildman–Crippen LogP) is 0.735. The van der Waals surface area contributed by atoms with Gasteiger partial charge < -0.3 is 25.0 Å². The summed E-state index contributed by atoms with van der Waals surface area (Å²) < 4.78 is 4.77. The second kappa shape index (κ2) is 7.35. The van der Waals surface area contributed by atoms with E-state index in [0.717, 1.165) is 11.3 Å². The number of aryl methyl sites for hydroxylation is 1. The molecule has 0 bridgehead atoms. The van der Waals surface area contributed by atoms with E-state index in [4.69, 9.17) is 9.84 Å². The molecule has 1 aliphatic heterocycles. The van der Waals surface area contributed by atoms with E-state index in [0.29, 0.717) is 5.69 Å². The van der Waals surface area contributed by atoms with Crippen LogP contribution in [0.25, 0.3) is 0 Å². The molecule has 0 atom stereocenters. The first kappa shape index (κ1) is 17.8. The summed E-state index contributed by atoms with van der Waals surface area (Å²) in [5, 5.41) is 12.1. The van der Waals surface area contributed by atoms with Crippen LogP contribution in [0.3, 0.4) is 0 Å². The molecule has 0 radical (unpaired) electrons. The van der Waals surface area contributed by atoms with Gasteiger partial charge in [0.1, 0.15) is 5.70 Å². The molecule has 1 heterocycles. The lowest BCUT2D eigenvalue weighted by Crippen LogP contribution is -2.31. The number of hydrogen-bond donors (Lipinski definition) is 2. The van der Waals surface area contributed by atoms with Crippen LogP contribution in [-0.2, 0) is 14.3 Å². The van der Waals surface area contributed by atoms with Crippen LogP contribution >= 0.6 is 0 Å². The van der Waals surface area contributed by atoms with Crippen LogP contribution in [0, 0.1) is 6.92 Å². The van der Waals surface area contributed by atoms with E-state index in [-0.39, 0.29) is 36.9 Å². The SMILES string of the molecule is COC(=O)C1=C(Nc2ccc(C)c(N(C)C)c2)C(=O)N(CCO)C1. The van der Waals surface area contributed by atoms with Gasteiger partial charge in [0.05, 0.1) is 25.8 Å². The number of β-amino-alcohol motifs (C(OH)–C–C–N with tert-alkyl or cyclic N) is 1. The summed E-state index contributed by atoms with van der Waals surface area (Å²) in [5.74, 6) is -0.873. The average Bonchev–Trinajstić information content (AvgIpc) is 2.85. The maximum absolute atomic E-state index is 12.5. The highest BCUT2D eigenvalue weighted by atomic mass is 16.5. The Morgan fingerprint density at radius 3 is 2.71 bits per heavy atom. The third kappa shape index (κ3) is 3.51. The van der Waals surface area contributed by atoms with Crippen molar-refractivity contribution in [2.24, 2.45) is 0 Å². The van der Waals surface area contributed by atoms with Crippen molar-refractivity contribution in [1.82, 2.24) is 4.90 Å². The van der Waals surface area contributed by atoms with Crippen molar-refractivity contribution in [2.75, 3.05) is 51.1 Å². The number of ether oxygens (including phenoxy) is 1. The fourth-order valence-electron chi connectivity index (χ4n) is 2.66. The number of rotatable bonds is 6. The zero-order chi connectivity index (χ0) is 17.9. The Balaban J connectivity index is 2.35. The summed E-state index contributed by atoms with van der Waals surface area (Å²) in [4.78, 5) is 27.9. The van der Waals surface area contributed by atoms with E-state index >= 15 is 0 Å². The molecular formula is C17H23N3O4. The Morgan fingerprint density at radius 2 is 2.12 bits per heavy atom. The van der Waals surface area contributed by atoms with Crippen molar-refractivity contribution >= 4 is 23.3 Å². The summed E-state index contributed by atoms with van der Waals surface area (Å²) in [7, 11) is 5.16. The Labute approximate surface area is 141 Å². The molecule has 1 aliphatic rings. The first-order chi connectivity index (χ1) is 11.4. The lowest BCUT2D eigenvalue weighted by molar-refractivity contribution is -0.136. The predicted molar refractivity (Wildman–Crippen MR) is 91.8 cm³/mol. The highest BCUT2D eigenvalue weighted by Crippen LogP contribution is 2.26. The zero-order valence-corrected chi connectivity index (χ0v) is 14.4. The van der Waals surface area contributed by atoms with Crippen LogP contribution in [0.1, 0.15) is 5.56 Å². The fourth-order valence-corrected chi connectivity index (χ4v) is 2.66. The van der Waals surface area contributed by atoms with Gasteiger partial charge >= 0.3 is 5.97 Å². The maximum Gasteiger partial charge on any atom is 0.337 e. The maximum atomic E-state index is 12.5. The largest absolute Gasteiger partial charge is 0.466 e. The number of nitrogens with one attached hydrogen (secondary N) is 1. The smallest absolute Gasteiger partial charge is 0.337 e. The second-order valence-electron chi connectivity index (χ2n) is 5.82. The number of amides is 1. The Hall–Kier alpha value is -2.54. The Kier molecular flexibility index (Phi) is 5.46. The fraction of sp³-hybridized carbons (Fsp3) is 0.412. The first-order valence-electron chi connectivity index (χ1n) is 7.65. The molecule has 130 valence electrons. The lowest BCUT2D eigenvalue weighted by atomic mass is 10.1. The number of aliphatic hydroxyl groups excluding tert-OH is 1. The topological polar surface area (TPSA) is 82.1 Å². The molecule has 7 nitrogen and oxygen atoms in total. The van der Waals surface area contributed by atoms with Crippen LogP contribution in [-0.4, -0.2) is 62.8 Å². The van der Waals surface area contributed by atoms with Crippen molar-refractivity contribution in [3.8, 4) is 0 Å². The van der Waals surface area contributed by atoms with Gasteiger partial charge in [-0.15, -0.1) is 0 Å². The van der Waals surface area contributed by atoms with E-state index in [1.807, 2.05) is 44.1 Å². The molecule has 7 heteroatoms. The van der Waals surface area contributed by atoms with Gasteiger partial charge in [-0.2, -0.15) is 0 Å². The van der Waals surface area contributed by atoms with Crippen molar-refractivity contribution in [1.29, 1.82) is 0 Å². The molecule has 0 spiro atoms. The lowest BCUT2D eigenvalue weighted by Gasteiger charge is -2.18. The minimum absolute atomic E-state index is 0.126. The van der Waals surface area contributed by atoms with E-state index in [2.05, 4.69) is 5.32 Å². The monoisotopic (exact) mass is 333 g/mol. The minimum Gasteiger partial charge on any atom is -0.466 e. The van der Waals surface area contributed by atoms with Gasteiger partial charge in [0.25, 0.3) is 5.91 Å². The summed E-state index contributed by atoms with van der Waals surface area (Å²) in [6, 6.07) is 5.71. The van der Waals surface area contributed by atoms with Crippen LogP contribution < -0.4 is 10.2 Å². The van der Waals surface area contributed by atoms with Gasteiger partial charge in [-0.3, -0.25) is 4.79 Å². The number of hydrogen-bond acceptors (Lipinski definition) is 6. The minimum atomic E-state index is -0.550. The number of esters is 1. The van der Waals surface area contributed by atoms with Crippen LogP contribution in [0.4, 0.5) is 11.4 Å². The number of anilines is 2. The molecule has 0 saturated heterocycles. The number of benzene rings is 1.